The summed E-state index contributed by atoms with van der Waals surface area (Å²) in [7, 11) is 0. The summed E-state index contributed by atoms with van der Waals surface area (Å²) in [6, 6.07) is 5.99. The monoisotopic (exact) mass is 296 g/mol. The first-order valence-electron chi connectivity index (χ1n) is 6.42. The Kier molecular flexibility index (Phi) is 5.34. The second-order valence-electron chi connectivity index (χ2n) is 4.69. The van der Waals surface area contributed by atoms with Gasteiger partial charge in [0.1, 0.15) is 11.6 Å². The SMILES string of the molecule is CC(C)Cn1nnnc1SCCOc1ccc(F)cc1. The molecule has 0 N–H and O–H groups in total. The smallest absolute Gasteiger partial charge is 0.209 e. The van der Waals surface area contributed by atoms with Crippen LogP contribution in [0.3, 0.4) is 0 Å². The van der Waals surface area contributed by atoms with Gasteiger partial charge >= 0.3 is 0 Å². The van der Waals surface area contributed by atoms with Crippen molar-refractivity contribution in [2.24, 2.45) is 5.92 Å². The van der Waals surface area contributed by atoms with Crippen LogP contribution in [0.25, 0.3) is 0 Å². The molecule has 0 aliphatic heterocycles. The van der Waals surface area contributed by atoms with Crippen molar-refractivity contribution < 1.29 is 9.13 Å². The highest BCUT2D eigenvalue weighted by Gasteiger charge is 2.08. The quantitative estimate of drug-likeness (QED) is 0.581. The Bertz CT molecular complexity index is 529. The Labute approximate surface area is 121 Å². The van der Waals surface area contributed by atoms with Gasteiger partial charge < -0.3 is 4.74 Å². The van der Waals surface area contributed by atoms with Crippen molar-refractivity contribution in [3.63, 3.8) is 0 Å². The molecule has 20 heavy (non-hydrogen) atoms. The van der Waals surface area contributed by atoms with Gasteiger partial charge in [0.15, 0.2) is 0 Å². The molecule has 5 nitrogen and oxygen atoms in total. The van der Waals surface area contributed by atoms with Crippen molar-refractivity contribution in [1.29, 1.82) is 0 Å². The van der Waals surface area contributed by atoms with Gasteiger partial charge in [-0.15, -0.1) is 5.10 Å². The zero-order valence-electron chi connectivity index (χ0n) is 11.5. The summed E-state index contributed by atoms with van der Waals surface area (Å²) in [6.07, 6.45) is 0. The number of tetrazole rings is 1. The van der Waals surface area contributed by atoms with Gasteiger partial charge in [-0.3, -0.25) is 0 Å². The maximum absolute atomic E-state index is 12.7. The second kappa shape index (κ2) is 7.23. The topological polar surface area (TPSA) is 52.8 Å². The summed E-state index contributed by atoms with van der Waals surface area (Å²) < 4.78 is 20.0. The van der Waals surface area contributed by atoms with Crippen molar-refractivity contribution in [3.8, 4) is 5.75 Å². The third-order valence-corrected chi connectivity index (χ3v) is 3.36. The Morgan fingerprint density at radius 1 is 1.30 bits per heavy atom. The van der Waals surface area contributed by atoms with Crippen LogP contribution >= 0.6 is 11.8 Å². The molecule has 2 aromatic rings. The van der Waals surface area contributed by atoms with Crippen molar-refractivity contribution >= 4 is 11.8 Å². The number of hydrogen-bond donors (Lipinski definition) is 0. The van der Waals surface area contributed by atoms with Gasteiger partial charge in [0.25, 0.3) is 0 Å². The van der Waals surface area contributed by atoms with Crippen molar-refractivity contribution in [2.45, 2.75) is 25.5 Å². The minimum absolute atomic E-state index is 0.264. The molecule has 0 atom stereocenters. The van der Waals surface area contributed by atoms with Crippen LogP contribution in [0.5, 0.6) is 5.75 Å². The normalized spacial score (nSPS) is 11.0. The van der Waals surface area contributed by atoms with Gasteiger partial charge in [-0.05, 0) is 40.6 Å². The fourth-order valence-corrected chi connectivity index (χ4v) is 2.29. The zero-order chi connectivity index (χ0) is 14.4. The molecule has 0 amide bonds. The standard InChI is InChI=1S/C13H17FN4OS/c1-10(2)9-18-13(15-16-17-18)20-8-7-19-12-5-3-11(14)4-6-12/h3-6,10H,7-9H2,1-2H3. The maximum Gasteiger partial charge on any atom is 0.209 e. The van der Waals surface area contributed by atoms with Crippen molar-refractivity contribution in [2.75, 3.05) is 12.4 Å². The molecule has 0 unspecified atom stereocenters. The van der Waals surface area contributed by atoms with E-state index in [2.05, 4.69) is 29.4 Å². The van der Waals surface area contributed by atoms with E-state index in [9.17, 15) is 4.39 Å². The van der Waals surface area contributed by atoms with Crippen LogP contribution in [0.2, 0.25) is 0 Å². The van der Waals surface area contributed by atoms with E-state index in [4.69, 9.17) is 4.74 Å². The Balaban J connectivity index is 1.76. The van der Waals surface area contributed by atoms with Gasteiger partial charge in [0.2, 0.25) is 5.16 Å². The number of ether oxygens (including phenoxy) is 1. The first kappa shape index (κ1) is 14.8. The van der Waals surface area contributed by atoms with E-state index >= 15 is 0 Å². The van der Waals surface area contributed by atoms with Crippen LogP contribution in [-0.4, -0.2) is 32.6 Å². The van der Waals surface area contributed by atoms with Crippen LogP contribution in [0.4, 0.5) is 4.39 Å². The number of rotatable bonds is 7. The first-order valence-corrected chi connectivity index (χ1v) is 7.41. The maximum atomic E-state index is 12.7. The Hall–Kier alpha value is -1.63. The highest BCUT2D eigenvalue weighted by atomic mass is 32.2. The average Bonchev–Trinajstić information content (AvgIpc) is 2.83. The summed E-state index contributed by atoms with van der Waals surface area (Å²) in [4.78, 5) is 0. The lowest BCUT2D eigenvalue weighted by molar-refractivity contribution is 0.343. The highest BCUT2D eigenvalue weighted by molar-refractivity contribution is 7.99. The third-order valence-electron chi connectivity index (χ3n) is 2.43. The molecule has 7 heteroatoms. The summed E-state index contributed by atoms with van der Waals surface area (Å²) in [5.41, 5.74) is 0. The van der Waals surface area contributed by atoms with E-state index in [-0.39, 0.29) is 5.82 Å². The van der Waals surface area contributed by atoms with Gasteiger partial charge in [0, 0.05) is 12.3 Å². The number of benzene rings is 1. The largest absolute Gasteiger partial charge is 0.493 e. The van der Waals surface area contributed by atoms with E-state index in [1.165, 1.54) is 12.1 Å². The molecule has 0 fully saturated rings. The van der Waals surface area contributed by atoms with Crippen molar-refractivity contribution in [3.05, 3.63) is 30.1 Å². The lowest BCUT2D eigenvalue weighted by Crippen LogP contribution is -2.08. The molecule has 0 radical (unpaired) electrons. The fraction of sp³-hybridized carbons (Fsp3) is 0.462. The fourth-order valence-electron chi connectivity index (χ4n) is 1.58. The zero-order valence-corrected chi connectivity index (χ0v) is 12.3. The minimum Gasteiger partial charge on any atom is -0.493 e. The summed E-state index contributed by atoms with van der Waals surface area (Å²) >= 11 is 1.55. The van der Waals surface area contributed by atoms with Crippen LogP contribution in [0.15, 0.2) is 29.4 Å². The molecule has 108 valence electrons. The molecule has 0 aliphatic carbocycles. The number of thioether (sulfide) groups is 1. The molecule has 0 aliphatic rings. The second-order valence-corrected chi connectivity index (χ2v) is 5.75. The van der Waals surface area contributed by atoms with Crippen LogP contribution in [0, 0.1) is 11.7 Å². The lowest BCUT2D eigenvalue weighted by Gasteiger charge is -2.07. The van der Waals surface area contributed by atoms with Gasteiger partial charge in [-0.1, -0.05) is 25.6 Å². The Morgan fingerprint density at radius 2 is 2.05 bits per heavy atom. The van der Waals surface area contributed by atoms with Crippen LogP contribution in [0.1, 0.15) is 13.8 Å². The molecule has 1 heterocycles. The molecule has 0 bridgehead atoms. The number of nitrogens with zero attached hydrogens (tertiary/aromatic N) is 4. The molecular weight excluding hydrogens is 279 g/mol. The van der Waals surface area contributed by atoms with E-state index < -0.39 is 0 Å². The molecule has 2 rings (SSSR count). The third kappa shape index (κ3) is 4.48. The highest BCUT2D eigenvalue weighted by Crippen LogP contribution is 2.16. The molecule has 0 saturated heterocycles. The summed E-state index contributed by atoms with van der Waals surface area (Å²) in [5.74, 6) is 1.62. The van der Waals surface area contributed by atoms with E-state index in [0.29, 0.717) is 18.3 Å². The van der Waals surface area contributed by atoms with Gasteiger partial charge in [-0.25, -0.2) is 9.07 Å². The number of aromatic nitrogens is 4. The van der Waals surface area contributed by atoms with E-state index in [0.717, 1.165) is 17.5 Å². The molecular formula is C13H17FN4OS. The van der Waals surface area contributed by atoms with Gasteiger partial charge in [0.05, 0.1) is 6.61 Å². The van der Waals surface area contributed by atoms with Gasteiger partial charge in [-0.2, -0.15) is 0 Å². The minimum atomic E-state index is -0.264. The predicted octanol–water partition coefficient (Wildman–Crippen LogP) is 2.64. The summed E-state index contributed by atoms with van der Waals surface area (Å²) in [5, 5.41) is 12.4. The van der Waals surface area contributed by atoms with E-state index in [1.54, 1.807) is 28.6 Å². The van der Waals surface area contributed by atoms with Crippen LogP contribution in [-0.2, 0) is 6.54 Å². The number of halogens is 1. The van der Waals surface area contributed by atoms with E-state index in [1.807, 2.05) is 0 Å². The Morgan fingerprint density at radius 3 is 2.75 bits per heavy atom. The molecule has 0 spiro atoms. The number of hydrogen-bond acceptors (Lipinski definition) is 5. The first-order chi connectivity index (χ1) is 9.65. The molecule has 1 aromatic heterocycles. The average molecular weight is 296 g/mol. The summed E-state index contributed by atoms with van der Waals surface area (Å²) in [6.45, 7) is 5.56. The molecule has 1 aromatic carbocycles. The predicted molar refractivity (Wildman–Crippen MR) is 75.3 cm³/mol. The van der Waals surface area contributed by atoms with Crippen molar-refractivity contribution in [1.82, 2.24) is 20.2 Å². The van der Waals surface area contributed by atoms with Crippen LogP contribution < -0.4 is 4.74 Å². The molecule has 0 saturated carbocycles. The lowest BCUT2D eigenvalue weighted by atomic mass is 10.2.